The number of nitrogens with two attached hydrogens (primary N) is 1. The summed E-state index contributed by atoms with van der Waals surface area (Å²) in [5.74, 6) is -0.445. The van der Waals surface area contributed by atoms with E-state index >= 15 is 0 Å². The molecular formula is C16H13N3O. The number of benzene rings is 1. The molecule has 0 aliphatic rings. The Balaban J connectivity index is 2.30. The van der Waals surface area contributed by atoms with Crippen LogP contribution in [0.25, 0.3) is 16.8 Å². The summed E-state index contributed by atoms with van der Waals surface area (Å²) in [7, 11) is 0. The highest BCUT2D eigenvalue weighted by Gasteiger charge is 2.14. The van der Waals surface area contributed by atoms with E-state index in [9.17, 15) is 4.79 Å². The molecular weight excluding hydrogens is 250 g/mol. The standard InChI is InChI=1S/C16H13N3O/c17-16(20)14-7-3-6-13(12-5-4-8-18-11-12)15(14)19-9-1-2-10-19/h1-11H,(H2,17,20). The van der Waals surface area contributed by atoms with Gasteiger partial charge in [0.2, 0.25) is 0 Å². The number of carbonyl (C=O) groups excluding carboxylic acids is 1. The maximum Gasteiger partial charge on any atom is 0.250 e. The minimum atomic E-state index is -0.445. The first-order valence-electron chi connectivity index (χ1n) is 6.24. The first-order valence-corrected chi connectivity index (χ1v) is 6.24. The van der Waals surface area contributed by atoms with Crippen LogP contribution >= 0.6 is 0 Å². The SMILES string of the molecule is NC(=O)c1cccc(-c2cccnc2)c1-n1cccc1. The van der Waals surface area contributed by atoms with E-state index in [0.717, 1.165) is 16.8 Å². The lowest BCUT2D eigenvalue weighted by molar-refractivity contribution is 0.100. The van der Waals surface area contributed by atoms with Crippen LogP contribution in [0.5, 0.6) is 0 Å². The van der Waals surface area contributed by atoms with Gasteiger partial charge >= 0.3 is 0 Å². The second kappa shape index (κ2) is 5.01. The molecule has 0 bridgehead atoms. The Labute approximate surface area is 116 Å². The van der Waals surface area contributed by atoms with Crippen molar-refractivity contribution in [1.29, 1.82) is 0 Å². The molecule has 2 aromatic heterocycles. The Kier molecular flexibility index (Phi) is 3.05. The van der Waals surface area contributed by atoms with Gasteiger partial charge in [-0.3, -0.25) is 9.78 Å². The van der Waals surface area contributed by atoms with Crippen LogP contribution in [0.2, 0.25) is 0 Å². The molecule has 20 heavy (non-hydrogen) atoms. The molecule has 0 radical (unpaired) electrons. The minimum absolute atomic E-state index is 0.445. The van der Waals surface area contributed by atoms with E-state index < -0.39 is 5.91 Å². The fraction of sp³-hybridized carbons (Fsp3) is 0. The predicted molar refractivity (Wildman–Crippen MR) is 77.5 cm³/mol. The van der Waals surface area contributed by atoms with Crippen molar-refractivity contribution in [1.82, 2.24) is 9.55 Å². The Morgan fingerprint density at radius 1 is 1.05 bits per heavy atom. The number of nitrogens with zero attached hydrogens (tertiary/aromatic N) is 2. The van der Waals surface area contributed by atoms with Gasteiger partial charge in [0.15, 0.2) is 0 Å². The smallest absolute Gasteiger partial charge is 0.250 e. The van der Waals surface area contributed by atoms with Gasteiger partial charge in [-0.2, -0.15) is 0 Å². The van der Waals surface area contributed by atoms with E-state index in [1.54, 1.807) is 18.5 Å². The summed E-state index contributed by atoms with van der Waals surface area (Å²) in [5.41, 5.74) is 8.63. The normalized spacial score (nSPS) is 10.4. The van der Waals surface area contributed by atoms with Crippen molar-refractivity contribution in [3.63, 3.8) is 0 Å². The molecule has 0 atom stereocenters. The quantitative estimate of drug-likeness (QED) is 0.789. The van der Waals surface area contributed by atoms with Crippen molar-refractivity contribution in [2.45, 2.75) is 0 Å². The molecule has 2 heterocycles. The van der Waals surface area contributed by atoms with Crippen molar-refractivity contribution in [3.8, 4) is 16.8 Å². The summed E-state index contributed by atoms with van der Waals surface area (Å²) >= 11 is 0. The van der Waals surface area contributed by atoms with Gasteiger partial charge in [-0.25, -0.2) is 0 Å². The summed E-state index contributed by atoms with van der Waals surface area (Å²) in [6, 6.07) is 13.2. The lowest BCUT2D eigenvalue weighted by Crippen LogP contribution is -2.15. The summed E-state index contributed by atoms with van der Waals surface area (Å²) < 4.78 is 1.89. The summed E-state index contributed by atoms with van der Waals surface area (Å²) in [5, 5.41) is 0. The van der Waals surface area contributed by atoms with Crippen molar-refractivity contribution < 1.29 is 4.79 Å². The van der Waals surface area contributed by atoms with Gasteiger partial charge in [0, 0.05) is 35.9 Å². The fourth-order valence-electron chi connectivity index (χ4n) is 2.26. The number of primary amides is 1. The third kappa shape index (κ3) is 2.07. The minimum Gasteiger partial charge on any atom is -0.366 e. The number of aromatic nitrogens is 2. The Hall–Kier alpha value is -2.88. The van der Waals surface area contributed by atoms with Gasteiger partial charge < -0.3 is 10.3 Å². The molecule has 0 aliphatic heterocycles. The van der Waals surface area contributed by atoms with E-state index in [1.165, 1.54) is 0 Å². The number of rotatable bonds is 3. The van der Waals surface area contributed by atoms with Gasteiger partial charge in [-0.05, 0) is 24.3 Å². The van der Waals surface area contributed by atoms with Crippen LogP contribution in [0.1, 0.15) is 10.4 Å². The zero-order chi connectivity index (χ0) is 13.9. The second-order valence-corrected chi connectivity index (χ2v) is 4.40. The van der Waals surface area contributed by atoms with Crippen molar-refractivity contribution in [3.05, 3.63) is 72.8 Å². The van der Waals surface area contributed by atoms with E-state index in [0.29, 0.717) is 5.56 Å². The maximum atomic E-state index is 11.7. The number of amides is 1. The van der Waals surface area contributed by atoms with E-state index in [-0.39, 0.29) is 0 Å². The molecule has 0 spiro atoms. The molecule has 2 N–H and O–H groups in total. The second-order valence-electron chi connectivity index (χ2n) is 4.40. The van der Waals surface area contributed by atoms with Crippen LogP contribution in [-0.2, 0) is 0 Å². The van der Waals surface area contributed by atoms with Crippen molar-refractivity contribution in [2.75, 3.05) is 0 Å². The van der Waals surface area contributed by atoms with Crippen molar-refractivity contribution >= 4 is 5.91 Å². The molecule has 3 aromatic rings. The van der Waals surface area contributed by atoms with Crippen LogP contribution in [-0.4, -0.2) is 15.5 Å². The van der Waals surface area contributed by atoms with Gasteiger partial charge in [-0.15, -0.1) is 0 Å². The van der Waals surface area contributed by atoms with Crippen LogP contribution in [0.4, 0.5) is 0 Å². The molecule has 0 saturated carbocycles. The van der Waals surface area contributed by atoms with E-state index in [1.807, 2.05) is 53.4 Å². The van der Waals surface area contributed by atoms with E-state index in [4.69, 9.17) is 5.73 Å². The molecule has 0 aliphatic carbocycles. The maximum absolute atomic E-state index is 11.7. The van der Waals surface area contributed by atoms with Crippen molar-refractivity contribution in [2.24, 2.45) is 5.73 Å². The lowest BCUT2D eigenvalue weighted by atomic mass is 10.0. The number of para-hydroxylation sites is 1. The highest BCUT2D eigenvalue weighted by molar-refractivity contribution is 5.99. The predicted octanol–water partition coefficient (Wildman–Crippen LogP) is 2.64. The lowest BCUT2D eigenvalue weighted by Gasteiger charge is -2.14. The molecule has 1 amide bonds. The number of carbonyl (C=O) groups is 1. The third-order valence-electron chi connectivity index (χ3n) is 3.14. The molecule has 0 unspecified atom stereocenters. The van der Waals surface area contributed by atoms with Crippen LogP contribution in [0.15, 0.2) is 67.3 Å². The van der Waals surface area contributed by atoms with E-state index in [2.05, 4.69) is 4.98 Å². The van der Waals surface area contributed by atoms with Gasteiger partial charge in [-0.1, -0.05) is 18.2 Å². The monoisotopic (exact) mass is 263 g/mol. The zero-order valence-corrected chi connectivity index (χ0v) is 10.7. The fourth-order valence-corrected chi connectivity index (χ4v) is 2.26. The molecule has 0 fully saturated rings. The summed E-state index contributed by atoms with van der Waals surface area (Å²) in [4.78, 5) is 15.8. The Morgan fingerprint density at radius 2 is 1.85 bits per heavy atom. The first kappa shape index (κ1) is 12.2. The molecule has 4 nitrogen and oxygen atoms in total. The number of hydrogen-bond acceptors (Lipinski definition) is 2. The van der Waals surface area contributed by atoms with Crippen LogP contribution in [0, 0.1) is 0 Å². The highest BCUT2D eigenvalue weighted by atomic mass is 16.1. The van der Waals surface area contributed by atoms with Crippen LogP contribution < -0.4 is 5.73 Å². The molecule has 98 valence electrons. The topological polar surface area (TPSA) is 60.9 Å². The van der Waals surface area contributed by atoms with Gasteiger partial charge in [0.05, 0.1) is 11.3 Å². The summed E-state index contributed by atoms with van der Waals surface area (Å²) in [6.45, 7) is 0. The van der Waals surface area contributed by atoms with Crippen LogP contribution in [0.3, 0.4) is 0 Å². The number of hydrogen-bond donors (Lipinski definition) is 1. The Bertz CT molecular complexity index is 734. The van der Waals surface area contributed by atoms with Gasteiger partial charge in [0.1, 0.15) is 0 Å². The largest absolute Gasteiger partial charge is 0.366 e. The number of pyridine rings is 1. The molecule has 1 aromatic carbocycles. The third-order valence-corrected chi connectivity index (χ3v) is 3.14. The molecule has 4 heteroatoms. The molecule has 0 saturated heterocycles. The average molecular weight is 263 g/mol. The first-order chi connectivity index (χ1) is 9.77. The zero-order valence-electron chi connectivity index (χ0n) is 10.7. The average Bonchev–Trinajstić information content (AvgIpc) is 3.01. The summed E-state index contributed by atoms with van der Waals surface area (Å²) in [6.07, 6.45) is 7.27. The Morgan fingerprint density at radius 3 is 2.50 bits per heavy atom. The van der Waals surface area contributed by atoms with Gasteiger partial charge in [0.25, 0.3) is 5.91 Å². The molecule has 3 rings (SSSR count). The highest BCUT2D eigenvalue weighted by Crippen LogP contribution is 2.29.